The lowest BCUT2D eigenvalue weighted by Crippen LogP contribution is -2.41. The molecule has 88 valence electrons. The van der Waals surface area contributed by atoms with Crippen molar-refractivity contribution in [2.45, 2.75) is 19.9 Å². The first-order valence-corrected chi connectivity index (χ1v) is 5.24. The Balaban J connectivity index is 2.72. The summed E-state index contributed by atoms with van der Waals surface area (Å²) >= 11 is 6.01. The average Bonchev–Trinajstić information content (AvgIpc) is 2.22. The summed E-state index contributed by atoms with van der Waals surface area (Å²) < 4.78 is 5.36. The fraction of sp³-hybridized carbons (Fsp3) is 0.364. The molecular formula is C11H15ClN2O2. The van der Waals surface area contributed by atoms with Gasteiger partial charge in [0, 0.05) is 5.02 Å². The Morgan fingerprint density at radius 3 is 2.38 bits per heavy atom. The number of benzene rings is 1. The Morgan fingerprint density at radius 1 is 1.44 bits per heavy atom. The minimum atomic E-state index is -0.795. The molecule has 0 aliphatic rings. The van der Waals surface area contributed by atoms with Crippen molar-refractivity contribution < 1.29 is 9.53 Å². The zero-order chi connectivity index (χ0) is 12.3. The van der Waals surface area contributed by atoms with E-state index in [4.69, 9.17) is 27.8 Å². The van der Waals surface area contributed by atoms with E-state index in [2.05, 4.69) is 0 Å². The molecule has 0 bridgehead atoms. The summed E-state index contributed by atoms with van der Waals surface area (Å²) in [6, 6.07) is 2.79. The van der Waals surface area contributed by atoms with Gasteiger partial charge in [0.2, 0.25) is 5.91 Å². The molecule has 1 amide bonds. The standard InChI is InChI=1S/C11H15ClN2O2/c1-6-3-8(4-7(2)10(6)12)16-5-9(13)11(14)15/h3-4,9H,5,13H2,1-2H3,(H2,14,15). The molecule has 5 heteroatoms. The number of nitrogens with two attached hydrogens (primary N) is 2. The van der Waals surface area contributed by atoms with E-state index in [1.165, 1.54) is 0 Å². The topological polar surface area (TPSA) is 78.3 Å². The molecule has 4 nitrogen and oxygen atoms in total. The number of hydrogen-bond donors (Lipinski definition) is 2. The Kier molecular flexibility index (Phi) is 4.15. The Bertz CT molecular complexity index is 384. The Labute approximate surface area is 99.5 Å². The largest absolute Gasteiger partial charge is 0.491 e. The molecule has 0 saturated carbocycles. The van der Waals surface area contributed by atoms with Crippen molar-refractivity contribution in [1.29, 1.82) is 0 Å². The van der Waals surface area contributed by atoms with E-state index in [0.29, 0.717) is 10.8 Å². The molecule has 16 heavy (non-hydrogen) atoms. The van der Waals surface area contributed by atoms with Crippen molar-refractivity contribution in [3.05, 3.63) is 28.3 Å². The van der Waals surface area contributed by atoms with Gasteiger partial charge in [0.25, 0.3) is 0 Å². The van der Waals surface area contributed by atoms with Crippen LogP contribution in [0.1, 0.15) is 11.1 Å². The Morgan fingerprint density at radius 2 is 1.94 bits per heavy atom. The maximum Gasteiger partial charge on any atom is 0.237 e. The molecule has 0 heterocycles. The summed E-state index contributed by atoms with van der Waals surface area (Å²) in [5.41, 5.74) is 12.3. The fourth-order valence-corrected chi connectivity index (χ4v) is 1.37. The van der Waals surface area contributed by atoms with Gasteiger partial charge >= 0.3 is 0 Å². The predicted molar refractivity (Wildman–Crippen MR) is 63.6 cm³/mol. The van der Waals surface area contributed by atoms with E-state index in [0.717, 1.165) is 11.1 Å². The normalized spacial score (nSPS) is 12.2. The van der Waals surface area contributed by atoms with Crippen LogP contribution < -0.4 is 16.2 Å². The van der Waals surface area contributed by atoms with Crippen LogP contribution in [0.3, 0.4) is 0 Å². The molecule has 1 atom stereocenters. The van der Waals surface area contributed by atoms with Gasteiger partial charge in [-0.15, -0.1) is 0 Å². The van der Waals surface area contributed by atoms with Gasteiger partial charge in [-0.3, -0.25) is 4.79 Å². The highest BCUT2D eigenvalue weighted by Gasteiger charge is 2.10. The lowest BCUT2D eigenvalue weighted by Gasteiger charge is -2.12. The lowest BCUT2D eigenvalue weighted by atomic mass is 10.1. The quantitative estimate of drug-likeness (QED) is 0.831. The highest BCUT2D eigenvalue weighted by molar-refractivity contribution is 6.32. The Hall–Kier alpha value is -1.26. The summed E-state index contributed by atoms with van der Waals surface area (Å²) in [5, 5.41) is 0.714. The highest BCUT2D eigenvalue weighted by Crippen LogP contribution is 2.25. The van der Waals surface area contributed by atoms with Crippen molar-refractivity contribution in [3.63, 3.8) is 0 Å². The third kappa shape index (κ3) is 3.12. The third-order valence-electron chi connectivity index (χ3n) is 2.20. The van der Waals surface area contributed by atoms with Gasteiger partial charge in [0.05, 0.1) is 0 Å². The summed E-state index contributed by atoms with van der Waals surface area (Å²) in [6.45, 7) is 3.84. The first-order valence-electron chi connectivity index (χ1n) is 4.86. The molecule has 0 aliphatic heterocycles. The predicted octanol–water partition coefficient (Wildman–Crippen LogP) is 1.15. The molecule has 0 aliphatic carbocycles. The maximum absolute atomic E-state index is 10.7. The maximum atomic E-state index is 10.7. The van der Waals surface area contributed by atoms with Gasteiger partial charge in [-0.05, 0) is 37.1 Å². The molecule has 0 spiro atoms. The number of primary amides is 1. The SMILES string of the molecule is Cc1cc(OCC(N)C(N)=O)cc(C)c1Cl. The summed E-state index contributed by atoms with van der Waals surface area (Å²) in [4.78, 5) is 10.7. The van der Waals surface area contributed by atoms with Crippen molar-refractivity contribution in [2.75, 3.05) is 6.61 Å². The van der Waals surface area contributed by atoms with Gasteiger partial charge in [-0.1, -0.05) is 11.6 Å². The van der Waals surface area contributed by atoms with E-state index >= 15 is 0 Å². The minimum Gasteiger partial charge on any atom is -0.491 e. The van der Waals surface area contributed by atoms with Crippen molar-refractivity contribution in [3.8, 4) is 5.75 Å². The van der Waals surface area contributed by atoms with Crippen LogP contribution in [0, 0.1) is 13.8 Å². The summed E-state index contributed by atoms with van der Waals surface area (Å²) in [5.74, 6) is 0.0542. The van der Waals surface area contributed by atoms with Gasteiger partial charge in [0.15, 0.2) is 0 Å². The van der Waals surface area contributed by atoms with E-state index in [1.807, 2.05) is 13.8 Å². The van der Waals surface area contributed by atoms with Gasteiger partial charge in [-0.2, -0.15) is 0 Å². The van der Waals surface area contributed by atoms with E-state index < -0.39 is 11.9 Å². The average molecular weight is 243 g/mol. The monoisotopic (exact) mass is 242 g/mol. The van der Waals surface area contributed by atoms with E-state index in [1.54, 1.807) is 12.1 Å². The second-order valence-corrected chi connectivity index (χ2v) is 4.07. The van der Waals surface area contributed by atoms with Gasteiger partial charge in [-0.25, -0.2) is 0 Å². The van der Waals surface area contributed by atoms with Crippen molar-refractivity contribution in [2.24, 2.45) is 11.5 Å². The molecule has 4 N–H and O–H groups in total. The molecular weight excluding hydrogens is 228 g/mol. The molecule has 1 aromatic carbocycles. The summed E-state index contributed by atoms with van der Waals surface area (Å²) in [6.07, 6.45) is 0. The molecule has 0 radical (unpaired) electrons. The van der Waals surface area contributed by atoms with E-state index in [9.17, 15) is 4.79 Å². The van der Waals surface area contributed by atoms with Crippen LogP contribution in [-0.2, 0) is 4.79 Å². The molecule has 0 aromatic heterocycles. The molecule has 1 unspecified atom stereocenters. The number of aryl methyl sites for hydroxylation is 2. The smallest absolute Gasteiger partial charge is 0.237 e. The number of amides is 1. The summed E-state index contributed by atoms with van der Waals surface area (Å²) in [7, 11) is 0. The first-order chi connectivity index (χ1) is 7.41. The van der Waals surface area contributed by atoms with Crippen LogP contribution in [0.15, 0.2) is 12.1 Å². The first kappa shape index (κ1) is 12.8. The van der Waals surface area contributed by atoms with Crippen LogP contribution in [-0.4, -0.2) is 18.6 Å². The van der Waals surface area contributed by atoms with Crippen LogP contribution >= 0.6 is 11.6 Å². The number of rotatable bonds is 4. The number of ether oxygens (including phenoxy) is 1. The fourth-order valence-electron chi connectivity index (χ4n) is 1.26. The van der Waals surface area contributed by atoms with Crippen molar-refractivity contribution >= 4 is 17.5 Å². The molecule has 0 saturated heterocycles. The van der Waals surface area contributed by atoms with Crippen LogP contribution in [0.5, 0.6) is 5.75 Å². The van der Waals surface area contributed by atoms with Crippen LogP contribution in [0.2, 0.25) is 5.02 Å². The number of carbonyl (C=O) groups is 1. The van der Waals surface area contributed by atoms with Crippen molar-refractivity contribution in [1.82, 2.24) is 0 Å². The second kappa shape index (κ2) is 5.18. The lowest BCUT2D eigenvalue weighted by molar-refractivity contribution is -0.119. The molecule has 1 rings (SSSR count). The number of halogens is 1. The third-order valence-corrected chi connectivity index (χ3v) is 2.80. The number of hydrogen-bond acceptors (Lipinski definition) is 3. The van der Waals surface area contributed by atoms with Gasteiger partial charge in [0.1, 0.15) is 18.4 Å². The minimum absolute atomic E-state index is 0.0653. The number of carbonyl (C=O) groups excluding carboxylic acids is 1. The van der Waals surface area contributed by atoms with Crippen LogP contribution in [0.25, 0.3) is 0 Å². The molecule has 0 fully saturated rings. The zero-order valence-corrected chi connectivity index (χ0v) is 10.0. The zero-order valence-electron chi connectivity index (χ0n) is 9.29. The molecule has 1 aromatic rings. The highest BCUT2D eigenvalue weighted by atomic mass is 35.5. The second-order valence-electron chi connectivity index (χ2n) is 3.69. The van der Waals surface area contributed by atoms with Gasteiger partial charge < -0.3 is 16.2 Å². The van der Waals surface area contributed by atoms with E-state index in [-0.39, 0.29) is 6.61 Å². The van der Waals surface area contributed by atoms with Crippen LogP contribution in [0.4, 0.5) is 0 Å².